The zero-order valence-electron chi connectivity index (χ0n) is 12.0. The molecule has 0 aliphatic carbocycles. The minimum atomic E-state index is 0.0413. The van der Waals surface area contributed by atoms with Gasteiger partial charge in [0.1, 0.15) is 11.6 Å². The maximum atomic E-state index is 11.6. The number of amides is 1. The molecular formula is C13H22N4O2. The highest BCUT2D eigenvalue weighted by Gasteiger charge is 2.06. The van der Waals surface area contributed by atoms with Crippen molar-refractivity contribution in [2.45, 2.75) is 39.7 Å². The molecule has 19 heavy (non-hydrogen) atoms. The Balaban J connectivity index is 2.40. The first-order valence-electron chi connectivity index (χ1n) is 6.48. The molecule has 0 aliphatic rings. The molecule has 6 heteroatoms. The molecule has 0 saturated heterocycles. The highest BCUT2D eigenvalue weighted by molar-refractivity contribution is 5.76. The van der Waals surface area contributed by atoms with Crippen molar-refractivity contribution in [1.29, 1.82) is 0 Å². The van der Waals surface area contributed by atoms with Gasteiger partial charge in [-0.25, -0.2) is 4.98 Å². The number of aryl methyl sites for hydroxylation is 1. The summed E-state index contributed by atoms with van der Waals surface area (Å²) in [6.45, 7) is 6.36. The van der Waals surface area contributed by atoms with Gasteiger partial charge in [0, 0.05) is 25.1 Å². The van der Waals surface area contributed by atoms with E-state index in [1.807, 2.05) is 13.8 Å². The predicted octanol–water partition coefficient (Wildman–Crippen LogP) is 1.51. The van der Waals surface area contributed by atoms with E-state index in [-0.39, 0.29) is 11.9 Å². The molecule has 0 aliphatic heterocycles. The first-order chi connectivity index (χ1) is 9.05. The summed E-state index contributed by atoms with van der Waals surface area (Å²) in [7, 11) is 1.56. The Kier molecular flexibility index (Phi) is 6.05. The number of hydrogen-bond acceptors (Lipinski definition) is 5. The van der Waals surface area contributed by atoms with Crippen LogP contribution in [0.25, 0.3) is 0 Å². The predicted molar refractivity (Wildman–Crippen MR) is 74.3 cm³/mol. The first-order valence-corrected chi connectivity index (χ1v) is 6.48. The average molecular weight is 266 g/mol. The highest BCUT2D eigenvalue weighted by atomic mass is 16.5. The number of carbonyl (C=O) groups excluding carboxylic acids is 1. The average Bonchev–Trinajstić information content (AvgIpc) is 2.37. The Bertz CT molecular complexity index is 423. The van der Waals surface area contributed by atoms with Gasteiger partial charge in [0.05, 0.1) is 7.11 Å². The standard InChI is InChI=1S/C13H22N4O2/c1-5-9(2)15-12(18)6-7-14-11-8-13(19-4)17-10(3)16-11/h8-9H,5-7H2,1-4H3,(H,15,18)(H,14,16,17). The zero-order chi connectivity index (χ0) is 14.3. The second-order valence-corrected chi connectivity index (χ2v) is 4.40. The van der Waals surface area contributed by atoms with E-state index in [1.165, 1.54) is 0 Å². The third-order valence-electron chi connectivity index (χ3n) is 2.70. The topological polar surface area (TPSA) is 76.1 Å². The van der Waals surface area contributed by atoms with Gasteiger partial charge in [-0.05, 0) is 20.3 Å². The lowest BCUT2D eigenvalue weighted by Crippen LogP contribution is -2.33. The van der Waals surface area contributed by atoms with Crippen LogP contribution >= 0.6 is 0 Å². The van der Waals surface area contributed by atoms with Crippen LogP contribution in [-0.2, 0) is 4.79 Å². The smallest absolute Gasteiger partial charge is 0.221 e. The number of ether oxygens (including phenoxy) is 1. The molecule has 0 fully saturated rings. The summed E-state index contributed by atoms with van der Waals surface area (Å²) in [6.07, 6.45) is 1.34. The van der Waals surface area contributed by atoms with Crippen molar-refractivity contribution >= 4 is 11.7 Å². The molecule has 6 nitrogen and oxygen atoms in total. The third-order valence-corrected chi connectivity index (χ3v) is 2.70. The summed E-state index contributed by atoms with van der Waals surface area (Å²) < 4.78 is 5.06. The lowest BCUT2D eigenvalue weighted by Gasteiger charge is -2.12. The van der Waals surface area contributed by atoms with Gasteiger partial charge >= 0.3 is 0 Å². The van der Waals surface area contributed by atoms with Crippen molar-refractivity contribution in [2.24, 2.45) is 0 Å². The molecular weight excluding hydrogens is 244 g/mol. The largest absolute Gasteiger partial charge is 0.481 e. The Morgan fingerprint density at radius 3 is 2.84 bits per heavy atom. The molecule has 0 spiro atoms. The van der Waals surface area contributed by atoms with Crippen molar-refractivity contribution in [2.75, 3.05) is 19.0 Å². The van der Waals surface area contributed by atoms with E-state index in [4.69, 9.17) is 4.74 Å². The second kappa shape index (κ2) is 7.56. The van der Waals surface area contributed by atoms with Crippen LogP contribution in [-0.4, -0.2) is 35.6 Å². The lowest BCUT2D eigenvalue weighted by atomic mass is 10.2. The van der Waals surface area contributed by atoms with E-state index in [0.717, 1.165) is 6.42 Å². The van der Waals surface area contributed by atoms with Gasteiger partial charge < -0.3 is 15.4 Å². The molecule has 1 unspecified atom stereocenters. The van der Waals surface area contributed by atoms with Gasteiger partial charge in [-0.3, -0.25) is 4.79 Å². The SMILES string of the molecule is CCC(C)NC(=O)CCNc1cc(OC)nc(C)n1. The van der Waals surface area contributed by atoms with Crippen molar-refractivity contribution in [3.8, 4) is 5.88 Å². The van der Waals surface area contributed by atoms with Gasteiger partial charge in [0.25, 0.3) is 0 Å². The van der Waals surface area contributed by atoms with Crippen molar-refractivity contribution in [3.63, 3.8) is 0 Å². The summed E-state index contributed by atoms with van der Waals surface area (Å²) in [6, 6.07) is 1.92. The highest BCUT2D eigenvalue weighted by Crippen LogP contribution is 2.12. The molecule has 0 saturated carbocycles. The summed E-state index contributed by atoms with van der Waals surface area (Å²) >= 11 is 0. The number of aromatic nitrogens is 2. The third kappa shape index (κ3) is 5.54. The number of nitrogens with zero attached hydrogens (tertiary/aromatic N) is 2. The fourth-order valence-electron chi connectivity index (χ4n) is 1.49. The molecule has 1 atom stereocenters. The van der Waals surface area contributed by atoms with Gasteiger partial charge in [-0.15, -0.1) is 0 Å². The Morgan fingerprint density at radius 2 is 2.21 bits per heavy atom. The normalized spacial score (nSPS) is 11.8. The van der Waals surface area contributed by atoms with Gasteiger partial charge in [0.2, 0.25) is 11.8 Å². The number of methoxy groups -OCH3 is 1. The molecule has 0 aromatic carbocycles. The lowest BCUT2D eigenvalue weighted by molar-refractivity contribution is -0.121. The minimum Gasteiger partial charge on any atom is -0.481 e. The Labute approximate surface area is 114 Å². The van der Waals surface area contributed by atoms with E-state index >= 15 is 0 Å². The number of anilines is 1. The van der Waals surface area contributed by atoms with E-state index in [1.54, 1.807) is 20.1 Å². The van der Waals surface area contributed by atoms with Crippen LogP contribution in [0.2, 0.25) is 0 Å². The number of hydrogen-bond donors (Lipinski definition) is 2. The van der Waals surface area contributed by atoms with Gasteiger partial charge in [0.15, 0.2) is 0 Å². The van der Waals surface area contributed by atoms with Crippen LogP contribution in [0.15, 0.2) is 6.07 Å². The van der Waals surface area contributed by atoms with Crippen molar-refractivity contribution in [1.82, 2.24) is 15.3 Å². The van der Waals surface area contributed by atoms with Crippen LogP contribution in [0.5, 0.6) is 5.88 Å². The molecule has 0 radical (unpaired) electrons. The second-order valence-electron chi connectivity index (χ2n) is 4.40. The van der Waals surface area contributed by atoms with Crippen molar-refractivity contribution in [3.05, 3.63) is 11.9 Å². The number of nitrogens with one attached hydrogen (secondary N) is 2. The fourth-order valence-corrected chi connectivity index (χ4v) is 1.49. The summed E-state index contributed by atoms with van der Waals surface area (Å²) in [5.41, 5.74) is 0. The minimum absolute atomic E-state index is 0.0413. The summed E-state index contributed by atoms with van der Waals surface area (Å²) in [5.74, 6) is 1.85. The molecule has 1 heterocycles. The summed E-state index contributed by atoms with van der Waals surface area (Å²) in [4.78, 5) is 19.9. The quantitative estimate of drug-likeness (QED) is 0.782. The maximum absolute atomic E-state index is 11.6. The van der Waals surface area contributed by atoms with Crippen LogP contribution in [0, 0.1) is 6.92 Å². The number of carbonyl (C=O) groups is 1. The fraction of sp³-hybridized carbons (Fsp3) is 0.615. The van der Waals surface area contributed by atoms with Gasteiger partial charge in [-0.1, -0.05) is 6.92 Å². The van der Waals surface area contributed by atoms with Crippen LogP contribution in [0.1, 0.15) is 32.5 Å². The van der Waals surface area contributed by atoms with E-state index in [2.05, 4.69) is 20.6 Å². The zero-order valence-corrected chi connectivity index (χ0v) is 12.0. The molecule has 106 valence electrons. The molecule has 0 bridgehead atoms. The molecule has 1 aromatic heterocycles. The molecule has 1 rings (SSSR count). The maximum Gasteiger partial charge on any atom is 0.221 e. The van der Waals surface area contributed by atoms with E-state index < -0.39 is 0 Å². The number of rotatable bonds is 7. The Morgan fingerprint density at radius 1 is 1.47 bits per heavy atom. The molecule has 1 amide bonds. The van der Waals surface area contributed by atoms with E-state index in [9.17, 15) is 4.79 Å². The molecule has 1 aromatic rings. The molecule has 2 N–H and O–H groups in total. The summed E-state index contributed by atoms with van der Waals surface area (Å²) in [5, 5.41) is 6.00. The monoisotopic (exact) mass is 266 g/mol. The van der Waals surface area contributed by atoms with Gasteiger partial charge in [-0.2, -0.15) is 4.98 Å². The van der Waals surface area contributed by atoms with Crippen LogP contribution in [0.3, 0.4) is 0 Å². The Hall–Kier alpha value is -1.85. The van der Waals surface area contributed by atoms with Crippen LogP contribution < -0.4 is 15.4 Å². The van der Waals surface area contributed by atoms with Crippen molar-refractivity contribution < 1.29 is 9.53 Å². The first kappa shape index (κ1) is 15.2. The van der Waals surface area contributed by atoms with Crippen LogP contribution in [0.4, 0.5) is 5.82 Å². The van der Waals surface area contributed by atoms with E-state index in [0.29, 0.717) is 30.5 Å².